The summed E-state index contributed by atoms with van der Waals surface area (Å²) < 4.78 is 5.16. The minimum atomic E-state index is -0.140. The molecule has 0 saturated carbocycles. The van der Waals surface area contributed by atoms with E-state index in [-0.39, 0.29) is 11.2 Å². The Balaban J connectivity index is 1.75. The summed E-state index contributed by atoms with van der Waals surface area (Å²) in [6.07, 6.45) is 1.71. The van der Waals surface area contributed by atoms with E-state index in [9.17, 15) is 4.79 Å². The quantitative estimate of drug-likeness (QED) is 0.605. The molecule has 1 unspecified atom stereocenters. The lowest BCUT2D eigenvalue weighted by Crippen LogP contribution is -2.30. The van der Waals surface area contributed by atoms with E-state index in [4.69, 9.17) is 4.74 Å². The predicted molar refractivity (Wildman–Crippen MR) is 99.9 cm³/mol. The van der Waals surface area contributed by atoms with Crippen molar-refractivity contribution >= 4 is 40.4 Å². The number of amidine groups is 1. The standard InChI is InChI=1S/C17H17N3O2S2/c1-12-16(21)20(11-13-5-7-14(22-2)8-6-13)17(24-12)19-18-10-15-4-3-9-23-15/h3-10,12H,11H2,1-2H3. The topological polar surface area (TPSA) is 54.3 Å². The molecule has 1 aromatic carbocycles. The molecule has 2 heterocycles. The van der Waals surface area contributed by atoms with E-state index < -0.39 is 0 Å². The number of carbonyl (C=O) groups is 1. The van der Waals surface area contributed by atoms with Crippen LogP contribution >= 0.6 is 23.1 Å². The minimum absolute atomic E-state index is 0.0564. The highest BCUT2D eigenvalue weighted by Gasteiger charge is 2.35. The van der Waals surface area contributed by atoms with Crippen LogP contribution in [0.5, 0.6) is 5.75 Å². The maximum absolute atomic E-state index is 12.4. The number of benzene rings is 1. The highest BCUT2D eigenvalue weighted by Crippen LogP contribution is 2.28. The van der Waals surface area contributed by atoms with Crippen molar-refractivity contribution in [3.05, 3.63) is 52.2 Å². The van der Waals surface area contributed by atoms with Gasteiger partial charge in [-0.25, -0.2) is 0 Å². The molecule has 0 spiro atoms. The molecule has 5 nitrogen and oxygen atoms in total. The lowest BCUT2D eigenvalue weighted by Gasteiger charge is -2.15. The van der Waals surface area contributed by atoms with Crippen LogP contribution in [0, 0.1) is 0 Å². The van der Waals surface area contributed by atoms with Gasteiger partial charge < -0.3 is 4.74 Å². The third kappa shape index (κ3) is 3.85. The second-order valence-electron chi connectivity index (χ2n) is 5.18. The zero-order valence-corrected chi connectivity index (χ0v) is 15.0. The molecule has 24 heavy (non-hydrogen) atoms. The predicted octanol–water partition coefficient (Wildman–Crippen LogP) is 3.61. The van der Waals surface area contributed by atoms with Gasteiger partial charge in [-0.05, 0) is 36.1 Å². The normalized spacial score (nSPS) is 19.6. The Morgan fingerprint density at radius 1 is 1.29 bits per heavy atom. The van der Waals surface area contributed by atoms with Crippen molar-refractivity contribution in [3.8, 4) is 5.75 Å². The van der Waals surface area contributed by atoms with Crippen LogP contribution in [-0.4, -0.2) is 34.5 Å². The van der Waals surface area contributed by atoms with Crippen molar-refractivity contribution in [1.29, 1.82) is 0 Å². The summed E-state index contributed by atoms with van der Waals surface area (Å²) in [4.78, 5) is 15.1. The number of methoxy groups -OCH3 is 1. The lowest BCUT2D eigenvalue weighted by molar-refractivity contribution is -0.126. The fraction of sp³-hybridized carbons (Fsp3) is 0.235. The van der Waals surface area contributed by atoms with Gasteiger partial charge in [-0.3, -0.25) is 9.69 Å². The molecule has 1 aliphatic heterocycles. The Morgan fingerprint density at radius 2 is 2.08 bits per heavy atom. The zero-order chi connectivity index (χ0) is 16.9. The van der Waals surface area contributed by atoms with Crippen molar-refractivity contribution in [1.82, 2.24) is 4.90 Å². The summed E-state index contributed by atoms with van der Waals surface area (Å²) in [6.45, 7) is 2.37. The Kier molecular flexibility index (Phi) is 5.32. The van der Waals surface area contributed by atoms with Gasteiger partial charge in [-0.2, -0.15) is 5.10 Å². The highest BCUT2D eigenvalue weighted by atomic mass is 32.2. The van der Waals surface area contributed by atoms with Crippen LogP contribution in [-0.2, 0) is 11.3 Å². The van der Waals surface area contributed by atoms with E-state index in [0.717, 1.165) is 16.2 Å². The molecule has 0 radical (unpaired) electrons. The van der Waals surface area contributed by atoms with Gasteiger partial charge >= 0.3 is 0 Å². The number of hydrogen-bond donors (Lipinski definition) is 0. The first-order valence-corrected chi connectivity index (χ1v) is 9.19. The summed E-state index contributed by atoms with van der Waals surface area (Å²) in [5.74, 6) is 0.851. The number of ether oxygens (including phenoxy) is 1. The monoisotopic (exact) mass is 359 g/mol. The molecule has 1 saturated heterocycles. The van der Waals surface area contributed by atoms with E-state index in [0.29, 0.717) is 11.7 Å². The number of carbonyl (C=O) groups excluding carboxylic acids is 1. The molecule has 1 fully saturated rings. The summed E-state index contributed by atoms with van der Waals surface area (Å²) >= 11 is 3.03. The molecule has 2 aromatic rings. The molecule has 1 amide bonds. The van der Waals surface area contributed by atoms with Gasteiger partial charge in [-0.15, -0.1) is 16.4 Å². The molecule has 1 aliphatic rings. The molecule has 1 aromatic heterocycles. The van der Waals surface area contributed by atoms with Crippen molar-refractivity contribution in [3.63, 3.8) is 0 Å². The molecule has 124 valence electrons. The second-order valence-corrected chi connectivity index (χ2v) is 7.46. The van der Waals surface area contributed by atoms with E-state index in [2.05, 4.69) is 10.2 Å². The number of hydrogen-bond acceptors (Lipinski definition) is 6. The number of rotatable bonds is 5. The van der Waals surface area contributed by atoms with Gasteiger partial charge in [0.15, 0.2) is 5.17 Å². The Labute approximate surface area is 149 Å². The van der Waals surface area contributed by atoms with Crippen LogP contribution in [0.4, 0.5) is 0 Å². The maximum Gasteiger partial charge on any atom is 0.242 e. The molecule has 7 heteroatoms. The first-order valence-electron chi connectivity index (χ1n) is 7.43. The van der Waals surface area contributed by atoms with Crippen LogP contribution < -0.4 is 4.74 Å². The Hall–Kier alpha value is -2.12. The van der Waals surface area contributed by atoms with E-state index in [1.165, 1.54) is 11.8 Å². The largest absolute Gasteiger partial charge is 0.497 e. The van der Waals surface area contributed by atoms with Crippen LogP contribution in [0.25, 0.3) is 0 Å². The molecule has 0 bridgehead atoms. The van der Waals surface area contributed by atoms with E-state index in [1.54, 1.807) is 29.6 Å². The van der Waals surface area contributed by atoms with Gasteiger partial charge in [0.1, 0.15) is 5.75 Å². The average Bonchev–Trinajstić information content (AvgIpc) is 3.20. The number of thioether (sulfide) groups is 1. The first kappa shape index (κ1) is 16.7. The smallest absolute Gasteiger partial charge is 0.242 e. The van der Waals surface area contributed by atoms with Gasteiger partial charge in [0.05, 0.1) is 25.1 Å². The number of amides is 1. The van der Waals surface area contributed by atoms with Crippen molar-refractivity contribution in [2.45, 2.75) is 18.7 Å². The van der Waals surface area contributed by atoms with Gasteiger partial charge in [0, 0.05) is 4.88 Å². The SMILES string of the molecule is COc1ccc(CN2C(=O)C(C)SC2=NN=Cc2cccs2)cc1. The first-order chi connectivity index (χ1) is 11.7. The van der Waals surface area contributed by atoms with Crippen molar-refractivity contribution in [2.24, 2.45) is 10.2 Å². The van der Waals surface area contributed by atoms with Crippen molar-refractivity contribution in [2.75, 3.05) is 7.11 Å². The van der Waals surface area contributed by atoms with Crippen LogP contribution in [0.1, 0.15) is 17.4 Å². The van der Waals surface area contributed by atoms with Gasteiger partial charge in [0.2, 0.25) is 5.91 Å². The average molecular weight is 359 g/mol. The minimum Gasteiger partial charge on any atom is -0.497 e. The maximum atomic E-state index is 12.4. The molecule has 1 atom stereocenters. The van der Waals surface area contributed by atoms with Gasteiger partial charge in [0.25, 0.3) is 0 Å². The van der Waals surface area contributed by atoms with E-state index >= 15 is 0 Å². The number of nitrogens with zero attached hydrogens (tertiary/aromatic N) is 3. The van der Waals surface area contributed by atoms with Gasteiger partial charge in [-0.1, -0.05) is 30.0 Å². The van der Waals surface area contributed by atoms with E-state index in [1.807, 2.05) is 48.7 Å². The number of thiophene rings is 1. The highest BCUT2D eigenvalue weighted by molar-refractivity contribution is 8.15. The zero-order valence-electron chi connectivity index (χ0n) is 13.4. The summed E-state index contributed by atoms with van der Waals surface area (Å²) in [5, 5.41) is 10.9. The Morgan fingerprint density at radius 3 is 2.75 bits per heavy atom. The summed E-state index contributed by atoms with van der Waals surface area (Å²) in [5.41, 5.74) is 1.02. The Bertz CT molecular complexity index is 755. The third-order valence-electron chi connectivity index (χ3n) is 3.50. The second kappa shape index (κ2) is 7.63. The van der Waals surface area contributed by atoms with Crippen LogP contribution in [0.15, 0.2) is 52.0 Å². The lowest BCUT2D eigenvalue weighted by atomic mass is 10.2. The molecule has 0 aliphatic carbocycles. The molecule has 0 N–H and O–H groups in total. The summed E-state index contributed by atoms with van der Waals surface area (Å²) in [7, 11) is 1.63. The fourth-order valence-electron chi connectivity index (χ4n) is 2.22. The molecular weight excluding hydrogens is 342 g/mol. The fourth-order valence-corrected chi connectivity index (χ4v) is 3.72. The summed E-state index contributed by atoms with van der Waals surface area (Å²) in [6, 6.07) is 11.6. The third-order valence-corrected chi connectivity index (χ3v) is 5.37. The molecule has 3 rings (SSSR count). The molecular formula is C17H17N3O2S2. The van der Waals surface area contributed by atoms with Crippen LogP contribution in [0.3, 0.4) is 0 Å². The van der Waals surface area contributed by atoms with Crippen molar-refractivity contribution < 1.29 is 9.53 Å². The van der Waals surface area contributed by atoms with Crippen LogP contribution in [0.2, 0.25) is 0 Å².